The van der Waals surface area contributed by atoms with E-state index >= 15 is 0 Å². The number of nitrogens with zero attached hydrogens (tertiary/aromatic N) is 1. The van der Waals surface area contributed by atoms with Gasteiger partial charge in [0.05, 0.1) is 6.42 Å². The number of ketones is 1. The number of benzene rings is 1. The average molecular weight is 275 g/mol. The molecule has 0 saturated heterocycles. The summed E-state index contributed by atoms with van der Waals surface area (Å²) in [6, 6.07) is 7.78. The van der Waals surface area contributed by atoms with Crippen LogP contribution in [-0.2, 0) is 0 Å². The summed E-state index contributed by atoms with van der Waals surface area (Å²) >= 11 is 0. The van der Waals surface area contributed by atoms with Crippen LogP contribution in [-0.4, -0.2) is 23.4 Å². The first-order valence-corrected chi connectivity index (χ1v) is 5.54. The molecule has 0 aliphatic rings. The Morgan fingerprint density at radius 3 is 2.32 bits per heavy atom. The summed E-state index contributed by atoms with van der Waals surface area (Å²) in [6.45, 7) is -0.863. The molecule has 104 valence electrons. The maximum atomic E-state index is 12.3. The summed E-state index contributed by atoms with van der Waals surface area (Å²) in [6.07, 6.45) is -6.32. The first-order chi connectivity index (χ1) is 8.78. The zero-order valence-electron chi connectivity index (χ0n) is 9.89. The number of alkyl halides is 3. The average Bonchev–Trinajstić information content (AvgIpc) is 2.26. The number of nitro groups is 1. The lowest BCUT2D eigenvalue weighted by Crippen LogP contribution is -2.24. The number of rotatable bonds is 6. The highest BCUT2D eigenvalue weighted by Crippen LogP contribution is 2.27. The van der Waals surface area contributed by atoms with E-state index in [-0.39, 0.29) is 5.56 Å². The Labute approximate surface area is 107 Å². The molecule has 0 aliphatic carbocycles. The summed E-state index contributed by atoms with van der Waals surface area (Å²) < 4.78 is 36.8. The van der Waals surface area contributed by atoms with Gasteiger partial charge in [-0.15, -0.1) is 0 Å². The van der Waals surface area contributed by atoms with Crippen molar-refractivity contribution in [1.29, 1.82) is 0 Å². The third kappa shape index (κ3) is 5.98. The van der Waals surface area contributed by atoms with Crippen LogP contribution in [0.15, 0.2) is 30.3 Å². The number of hydrogen-bond acceptors (Lipinski definition) is 3. The van der Waals surface area contributed by atoms with Crippen LogP contribution in [0.2, 0.25) is 0 Å². The number of carbonyl (C=O) groups excluding carboxylic acids is 1. The van der Waals surface area contributed by atoms with E-state index in [9.17, 15) is 28.1 Å². The van der Waals surface area contributed by atoms with Crippen molar-refractivity contribution >= 4 is 5.78 Å². The van der Waals surface area contributed by atoms with Crippen molar-refractivity contribution in [2.24, 2.45) is 5.92 Å². The predicted octanol–water partition coefficient (Wildman–Crippen LogP) is 3.10. The summed E-state index contributed by atoms with van der Waals surface area (Å²) in [7, 11) is 0. The number of halogens is 3. The van der Waals surface area contributed by atoms with E-state index in [0.29, 0.717) is 0 Å². The van der Waals surface area contributed by atoms with Crippen LogP contribution < -0.4 is 0 Å². The highest BCUT2D eigenvalue weighted by Gasteiger charge is 2.35. The van der Waals surface area contributed by atoms with E-state index < -0.39 is 42.2 Å². The Hall–Kier alpha value is -1.92. The van der Waals surface area contributed by atoms with Gasteiger partial charge in [-0.2, -0.15) is 13.2 Å². The lowest BCUT2D eigenvalue weighted by molar-refractivity contribution is -0.489. The van der Waals surface area contributed by atoms with Crippen LogP contribution >= 0.6 is 0 Å². The Morgan fingerprint density at radius 2 is 1.84 bits per heavy atom. The third-order valence-electron chi connectivity index (χ3n) is 2.50. The summed E-state index contributed by atoms with van der Waals surface area (Å²) in [4.78, 5) is 21.2. The lowest BCUT2D eigenvalue weighted by atomic mass is 9.95. The van der Waals surface area contributed by atoms with Gasteiger partial charge in [-0.25, -0.2) is 0 Å². The summed E-state index contributed by atoms with van der Waals surface area (Å²) in [5, 5.41) is 10.3. The third-order valence-corrected chi connectivity index (χ3v) is 2.50. The van der Waals surface area contributed by atoms with Crippen LogP contribution in [0.5, 0.6) is 0 Å². The molecule has 0 spiro atoms. The molecule has 4 nitrogen and oxygen atoms in total. The highest BCUT2D eigenvalue weighted by molar-refractivity contribution is 5.96. The SMILES string of the molecule is O=C(CC(C[N+](=O)[O-])CC(F)(F)F)c1ccccc1. The van der Waals surface area contributed by atoms with Crippen LogP contribution in [0.1, 0.15) is 23.2 Å². The molecular weight excluding hydrogens is 263 g/mol. The van der Waals surface area contributed by atoms with Gasteiger partial charge in [0, 0.05) is 22.8 Å². The van der Waals surface area contributed by atoms with E-state index in [2.05, 4.69) is 0 Å². The van der Waals surface area contributed by atoms with Crippen LogP contribution in [0, 0.1) is 16.0 Å². The molecule has 1 aromatic rings. The smallest absolute Gasteiger partial charge is 0.294 e. The fraction of sp³-hybridized carbons (Fsp3) is 0.417. The molecule has 0 bridgehead atoms. The van der Waals surface area contributed by atoms with Crippen molar-refractivity contribution in [2.75, 3.05) is 6.54 Å². The normalized spacial score (nSPS) is 13.0. The van der Waals surface area contributed by atoms with Gasteiger partial charge in [0.15, 0.2) is 5.78 Å². The molecule has 0 aromatic heterocycles. The molecule has 0 N–H and O–H groups in total. The minimum absolute atomic E-state index is 0.262. The van der Waals surface area contributed by atoms with Crippen molar-refractivity contribution in [2.45, 2.75) is 19.0 Å². The second kappa shape index (κ2) is 6.31. The molecule has 0 radical (unpaired) electrons. The molecule has 0 heterocycles. The molecule has 1 atom stereocenters. The summed E-state index contributed by atoms with van der Waals surface area (Å²) in [5.41, 5.74) is 0.262. The monoisotopic (exact) mass is 275 g/mol. The number of carbonyl (C=O) groups is 1. The molecule has 0 fully saturated rings. The van der Waals surface area contributed by atoms with Gasteiger partial charge in [0.1, 0.15) is 0 Å². The maximum Gasteiger partial charge on any atom is 0.389 e. The van der Waals surface area contributed by atoms with Gasteiger partial charge in [-0.3, -0.25) is 14.9 Å². The minimum atomic E-state index is -4.52. The van der Waals surface area contributed by atoms with Gasteiger partial charge in [0.2, 0.25) is 6.54 Å². The van der Waals surface area contributed by atoms with Crippen LogP contribution in [0.3, 0.4) is 0 Å². The predicted molar refractivity (Wildman–Crippen MR) is 61.4 cm³/mol. The highest BCUT2D eigenvalue weighted by atomic mass is 19.4. The van der Waals surface area contributed by atoms with Gasteiger partial charge in [-0.05, 0) is 0 Å². The molecule has 1 unspecified atom stereocenters. The van der Waals surface area contributed by atoms with Gasteiger partial charge >= 0.3 is 6.18 Å². The zero-order valence-corrected chi connectivity index (χ0v) is 9.89. The first-order valence-electron chi connectivity index (χ1n) is 5.54. The molecule has 19 heavy (non-hydrogen) atoms. The number of hydrogen-bond donors (Lipinski definition) is 0. The fourth-order valence-electron chi connectivity index (χ4n) is 1.74. The Balaban J connectivity index is 2.72. The van der Waals surface area contributed by atoms with Crippen LogP contribution in [0.4, 0.5) is 13.2 Å². The Morgan fingerprint density at radius 1 is 1.26 bits per heavy atom. The topological polar surface area (TPSA) is 60.2 Å². The van der Waals surface area contributed by atoms with Gasteiger partial charge in [0.25, 0.3) is 0 Å². The molecule has 0 amide bonds. The summed E-state index contributed by atoms with van der Waals surface area (Å²) in [5.74, 6) is -1.85. The van der Waals surface area contributed by atoms with E-state index in [1.807, 2.05) is 0 Å². The quantitative estimate of drug-likeness (QED) is 0.455. The maximum absolute atomic E-state index is 12.3. The van der Waals surface area contributed by atoms with E-state index in [0.717, 1.165) is 0 Å². The van der Waals surface area contributed by atoms with E-state index in [1.165, 1.54) is 12.1 Å². The van der Waals surface area contributed by atoms with Crippen molar-refractivity contribution in [1.82, 2.24) is 0 Å². The van der Waals surface area contributed by atoms with Crippen molar-refractivity contribution in [3.8, 4) is 0 Å². The fourth-order valence-corrected chi connectivity index (χ4v) is 1.74. The van der Waals surface area contributed by atoms with Crippen molar-refractivity contribution in [3.63, 3.8) is 0 Å². The minimum Gasteiger partial charge on any atom is -0.294 e. The Bertz CT molecular complexity index is 445. The molecule has 0 saturated carbocycles. The standard InChI is InChI=1S/C12H12F3NO3/c13-12(14,15)7-9(8-16(18)19)6-11(17)10-4-2-1-3-5-10/h1-5,9H,6-8H2. The van der Waals surface area contributed by atoms with E-state index in [1.54, 1.807) is 18.2 Å². The number of Topliss-reactive ketones (excluding diaryl/α,β-unsaturated/α-hetero) is 1. The van der Waals surface area contributed by atoms with Crippen molar-refractivity contribution < 1.29 is 22.9 Å². The van der Waals surface area contributed by atoms with Gasteiger partial charge in [-0.1, -0.05) is 30.3 Å². The van der Waals surface area contributed by atoms with Gasteiger partial charge < -0.3 is 0 Å². The van der Waals surface area contributed by atoms with Crippen LogP contribution in [0.25, 0.3) is 0 Å². The first kappa shape index (κ1) is 15.1. The molecule has 0 aliphatic heterocycles. The molecule has 7 heteroatoms. The largest absolute Gasteiger partial charge is 0.389 e. The zero-order chi connectivity index (χ0) is 14.5. The second-order valence-electron chi connectivity index (χ2n) is 4.19. The molecule has 1 aromatic carbocycles. The lowest BCUT2D eigenvalue weighted by Gasteiger charge is -2.14. The molecule has 1 rings (SSSR count). The van der Waals surface area contributed by atoms with Crippen molar-refractivity contribution in [3.05, 3.63) is 46.0 Å². The Kier molecular flexibility index (Phi) is 5.02. The second-order valence-corrected chi connectivity index (χ2v) is 4.19. The molecular formula is C12H12F3NO3. The van der Waals surface area contributed by atoms with E-state index in [4.69, 9.17) is 0 Å².